The fraction of sp³-hybridized carbons (Fsp3) is 0.963. The number of hydrogen-bond acceptors (Lipinski definition) is 7. The molecule has 0 aliphatic heterocycles. The molecule has 1 amide bonds. The summed E-state index contributed by atoms with van der Waals surface area (Å²) in [6, 6.07) is 0. The summed E-state index contributed by atoms with van der Waals surface area (Å²) >= 11 is 0. The Kier molecular flexibility index (Phi) is 23.6. The largest absolute Gasteiger partial charge is 0.472 e. The van der Waals surface area contributed by atoms with Crippen LogP contribution in [0.1, 0.15) is 110 Å². The monoisotopic (exact) mass is 569 g/mol. The first-order valence-corrected chi connectivity index (χ1v) is 16.2. The van der Waals surface area contributed by atoms with Crippen LogP contribution in [0.25, 0.3) is 0 Å². The van der Waals surface area contributed by atoms with Crippen molar-refractivity contribution in [1.29, 1.82) is 0 Å². The first kappa shape index (κ1) is 37.3. The van der Waals surface area contributed by atoms with Crippen molar-refractivity contribution >= 4 is 13.9 Å². The summed E-state index contributed by atoms with van der Waals surface area (Å²) in [5.74, 6) is 0. The van der Waals surface area contributed by atoms with Gasteiger partial charge >= 0.3 is 13.9 Å². The molecule has 0 bridgehead atoms. The van der Waals surface area contributed by atoms with Crippen molar-refractivity contribution in [2.24, 2.45) is 0 Å². The van der Waals surface area contributed by atoms with Gasteiger partial charge in [-0.3, -0.25) is 14.3 Å². The Labute approximate surface area is 231 Å². The number of unbranched alkanes of at least 4 members (excludes halogenated alkanes) is 15. The second kappa shape index (κ2) is 24.1. The van der Waals surface area contributed by atoms with E-state index in [4.69, 9.17) is 19.0 Å². The zero-order valence-electron chi connectivity index (χ0n) is 24.7. The molecule has 0 rings (SSSR count). The lowest BCUT2D eigenvalue weighted by molar-refractivity contribution is -0.870. The minimum absolute atomic E-state index is 0.0269. The van der Waals surface area contributed by atoms with E-state index in [-0.39, 0.29) is 6.61 Å². The predicted molar refractivity (Wildman–Crippen MR) is 151 cm³/mol. The molecule has 1 unspecified atom stereocenters. The topological polar surface area (TPSA) is 124 Å². The van der Waals surface area contributed by atoms with Crippen LogP contribution in [0.5, 0.6) is 0 Å². The Balaban J connectivity index is 3.72. The molecule has 0 aromatic rings. The highest BCUT2D eigenvalue weighted by Crippen LogP contribution is 2.43. The molecule has 38 heavy (non-hydrogen) atoms. The fourth-order valence-corrected chi connectivity index (χ4v) is 4.64. The first-order chi connectivity index (χ1) is 18.1. The third-order valence-corrected chi connectivity index (χ3v) is 7.26. The molecular formula is C27H58N2O8P+. The number of alkyl carbamates (subject to hydrolysis) is 1. The number of phosphoric ester groups is 1. The van der Waals surface area contributed by atoms with Gasteiger partial charge in [0.15, 0.2) is 6.10 Å². The van der Waals surface area contributed by atoms with Crippen molar-refractivity contribution in [3.05, 3.63) is 0 Å². The third-order valence-electron chi connectivity index (χ3n) is 6.27. The second-order valence-electron chi connectivity index (χ2n) is 11.2. The molecule has 0 aliphatic rings. The molecule has 0 saturated heterocycles. The summed E-state index contributed by atoms with van der Waals surface area (Å²) in [5.41, 5.74) is 0. The van der Waals surface area contributed by atoms with E-state index >= 15 is 0 Å². The van der Waals surface area contributed by atoms with Crippen LogP contribution in [0.15, 0.2) is 0 Å². The molecule has 0 aromatic heterocycles. The summed E-state index contributed by atoms with van der Waals surface area (Å²) in [6.45, 7) is 2.42. The third kappa shape index (κ3) is 26.9. The van der Waals surface area contributed by atoms with Crippen molar-refractivity contribution in [2.75, 3.05) is 54.1 Å². The standard InChI is InChI=1S/C27H57N2O8P/c1-5-6-7-8-9-10-11-12-13-14-15-16-17-18-19-20-21-28-27(30)37-26(24-34-31)25-36-38(32,33)35-23-22-29(2,3)4/h26H,5-25H2,1-4H3,(H2-,28,30,31,32,33)/p+1/t26-/m1/s1. The number of nitrogens with zero attached hydrogens (tertiary/aromatic N) is 1. The summed E-state index contributed by atoms with van der Waals surface area (Å²) in [4.78, 5) is 25.8. The number of likely N-dealkylation sites (N-methyl/N-ethyl adjacent to an activating group) is 1. The average molecular weight is 570 g/mol. The molecule has 228 valence electrons. The number of hydrogen-bond donors (Lipinski definition) is 3. The number of quaternary nitrogens is 1. The Hall–Kier alpha value is -0.740. The highest BCUT2D eigenvalue weighted by molar-refractivity contribution is 7.47. The Morgan fingerprint density at radius 3 is 1.71 bits per heavy atom. The van der Waals surface area contributed by atoms with Crippen LogP contribution in [0.4, 0.5) is 4.79 Å². The van der Waals surface area contributed by atoms with Crippen molar-refractivity contribution in [3.63, 3.8) is 0 Å². The molecule has 0 radical (unpaired) electrons. The van der Waals surface area contributed by atoms with Crippen molar-refractivity contribution in [1.82, 2.24) is 5.32 Å². The van der Waals surface area contributed by atoms with E-state index in [1.54, 1.807) is 0 Å². The predicted octanol–water partition coefficient (Wildman–Crippen LogP) is 6.67. The molecule has 0 fully saturated rings. The summed E-state index contributed by atoms with van der Waals surface area (Å²) < 4.78 is 27.5. The van der Waals surface area contributed by atoms with Crippen molar-refractivity contribution in [2.45, 2.75) is 116 Å². The minimum Gasteiger partial charge on any atom is -0.441 e. The van der Waals surface area contributed by atoms with E-state index in [9.17, 15) is 14.3 Å². The fourth-order valence-electron chi connectivity index (χ4n) is 3.90. The highest BCUT2D eigenvalue weighted by atomic mass is 31.2. The van der Waals surface area contributed by atoms with E-state index in [0.717, 1.165) is 19.3 Å². The highest BCUT2D eigenvalue weighted by Gasteiger charge is 2.26. The maximum atomic E-state index is 12.0. The molecule has 10 nitrogen and oxygen atoms in total. The second-order valence-corrected chi connectivity index (χ2v) is 12.6. The van der Waals surface area contributed by atoms with Crippen LogP contribution in [-0.4, -0.2) is 80.9 Å². The van der Waals surface area contributed by atoms with Crippen LogP contribution in [-0.2, 0) is 23.2 Å². The lowest BCUT2D eigenvalue weighted by Crippen LogP contribution is -2.37. The van der Waals surface area contributed by atoms with Gasteiger partial charge in [0, 0.05) is 6.54 Å². The summed E-state index contributed by atoms with van der Waals surface area (Å²) in [6.07, 6.45) is 18.8. The number of rotatable bonds is 27. The normalized spacial score (nSPS) is 14.3. The van der Waals surface area contributed by atoms with Crippen LogP contribution < -0.4 is 5.32 Å². The van der Waals surface area contributed by atoms with Crippen LogP contribution in [0, 0.1) is 0 Å². The van der Waals surface area contributed by atoms with E-state index < -0.39 is 33.2 Å². The van der Waals surface area contributed by atoms with Crippen LogP contribution in [0.2, 0.25) is 0 Å². The first-order valence-electron chi connectivity index (χ1n) is 14.7. The maximum Gasteiger partial charge on any atom is 0.472 e. The van der Waals surface area contributed by atoms with Gasteiger partial charge in [0.2, 0.25) is 0 Å². The van der Waals surface area contributed by atoms with Gasteiger partial charge < -0.3 is 19.4 Å². The quantitative estimate of drug-likeness (QED) is 0.0329. The van der Waals surface area contributed by atoms with Crippen molar-refractivity contribution in [3.8, 4) is 0 Å². The summed E-state index contributed by atoms with van der Waals surface area (Å²) in [7, 11) is 1.46. The number of ether oxygens (including phenoxy) is 1. The molecule has 0 aliphatic carbocycles. The van der Waals surface area contributed by atoms with E-state index in [2.05, 4.69) is 17.1 Å². The summed E-state index contributed by atoms with van der Waals surface area (Å²) in [5, 5.41) is 11.4. The van der Waals surface area contributed by atoms with Gasteiger partial charge in [-0.15, -0.1) is 0 Å². The molecule has 0 saturated carbocycles. The number of amides is 1. The Morgan fingerprint density at radius 1 is 0.789 bits per heavy atom. The van der Waals surface area contributed by atoms with Crippen molar-refractivity contribution < 1.29 is 42.7 Å². The minimum atomic E-state index is -4.31. The smallest absolute Gasteiger partial charge is 0.441 e. The Bertz CT molecular complexity index is 604. The number of phosphoric acid groups is 1. The van der Waals surface area contributed by atoms with Gasteiger partial charge in [-0.05, 0) is 6.42 Å². The average Bonchev–Trinajstić information content (AvgIpc) is 2.83. The zero-order chi connectivity index (χ0) is 28.5. The molecule has 0 spiro atoms. The van der Waals surface area contributed by atoms with E-state index in [0.29, 0.717) is 17.6 Å². The van der Waals surface area contributed by atoms with Gasteiger partial charge in [0.25, 0.3) is 0 Å². The van der Waals surface area contributed by atoms with Gasteiger partial charge in [-0.1, -0.05) is 103 Å². The molecule has 3 N–H and O–H groups in total. The van der Waals surface area contributed by atoms with Gasteiger partial charge in [-0.25, -0.2) is 14.2 Å². The zero-order valence-corrected chi connectivity index (χ0v) is 25.6. The molecular weight excluding hydrogens is 511 g/mol. The van der Waals surface area contributed by atoms with E-state index in [1.165, 1.54) is 83.5 Å². The number of nitrogens with one attached hydrogen (secondary N) is 1. The molecule has 2 atom stereocenters. The van der Waals surface area contributed by atoms with Crippen LogP contribution >= 0.6 is 7.82 Å². The van der Waals surface area contributed by atoms with E-state index in [1.807, 2.05) is 21.1 Å². The van der Waals surface area contributed by atoms with Gasteiger partial charge in [0.1, 0.15) is 19.8 Å². The molecule has 11 heteroatoms. The van der Waals surface area contributed by atoms with Gasteiger partial charge in [-0.2, -0.15) is 0 Å². The number of carbonyl (C=O) groups excluding carboxylic acids is 1. The number of carbonyl (C=O) groups is 1. The lowest BCUT2D eigenvalue weighted by Gasteiger charge is -2.24. The lowest BCUT2D eigenvalue weighted by atomic mass is 10.0. The maximum absolute atomic E-state index is 12.0. The van der Waals surface area contributed by atoms with Crippen LogP contribution in [0.3, 0.4) is 0 Å². The SMILES string of the molecule is CCCCCCCCCCCCCCCCCCNC(=O)O[C@H](COO)COP(=O)(O)OCC[N+](C)(C)C. The Morgan fingerprint density at radius 2 is 1.26 bits per heavy atom. The van der Waals surface area contributed by atoms with Gasteiger partial charge in [0.05, 0.1) is 27.7 Å². The molecule has 0 aromatic carbocycles. The molecule has 0 heterocycles.